The minimum atomic E-state index is -3.28. The summed E-state index contributed by atoms with van der Waals surface area (Å²) in [6.45, 7) is 2.70. The molecule has 1 aromatic rings. The Morgan fingerprint density at radius 1 is 1.35 bits per heavy atom. The van der Waals surface area contributed by atoms with Crippen molar-refractivity contribution in [1.82, 2.24) is 14.5 Å². The first-order chi connectivity index (χ1) is 9.49. The van der Waals surface area contributed by atoms with Gasteiger partial charge in [0.2, 0.25) is 10.0 Å². The minimum absolute atomic E-state index is 0.0478. The molecule has 0 atom stereocenters. The van der Waals surface area contributed by atoms with Crippen molar-refractivity contribution in [2.24, 2.45) is 0 Å². The highest BCUT2D eigenvalue weighted by Crippen LogP contribution is 2.08. The van der Waals surface area contributed by atoms with E-state index in [1.807, 2.05) is 12.4 Å². The zero-order valence-electron chi connectivity index (χ0n) is 11.4. The monoisotopic (exact) mass is 317 g/mol. The van der Waals surface area contributed by atoms with E-state index in [4.69, 9.17) is 0 Å². The van der Waals surface area contributed by atoms with Crippen LogP contribution in [0.4, 0.5) is 0 Å². The highest BCUT2D eigenvalue weighted by Gasteiger charge is 2.25. The second-order valence-corrected chi connectivity index (χ2v) is 7.79. The predicted molar refractivity (Wildman–Crippen MR) is 79.5 cm³/mol. The normalized spacial score (nSPS) is 18.1. The molecule has 2 heterocycles. The molecule has 1 aromatic heterocycles. The third-order valence-corrected chi connectivity index (χ3v) is 5.99. The van der Waals surface area contributed by atoms with Crippen molar-refractivity contribution < 1.29 is 13.2 Å². The maximum atomic E-state index is 12.1. The average molecular weight is 317 g/mol. The number of thiophene rings is 1. The molecule has 0 radical (unpaired) electrons. The Morgan fingerprint density at radius 3 is 2.65 bits per heavy atom. The second kappa shape index (κ2) is 6.66. The molecule has 1 N–H and O–H groups in total. The first-order valence-electron chi connectivity index (χ1n) is 6.47. The average Bonchev–Trinajstić information content (AvgIpc) is 2.93. The molecule has 0 unspecified atom stereocenters. The van der Waals surface area contributed by atoms with Crippen molar-refractivity contribution in [3.63, 3.8) is 0 Å². The van der Waals surface area contributed by atoms with Gasteiger partial charge in [-0.25, -0.2) is 8.42 Å². The van der Waals surface area contributed by atoms with Crippen LogP contribution in [0.3, 0.4) is 0 Å². The van der Waals surface area contributed by atoms with E-state index in [1.54, 1.807) is 12.1 Å². The summed E-state index contributed by atoms with van der Waals surface area (Å²) in [4.78, 5) is 14.4. The number of rotatable bonds is 5. The van der Waals surface area contributed by atoms with Gasteiger partial charge in [0, 0.05) is 32.7 Å². The zero-order chi connectivity index (χ0) is 14.6. The molecule has 0 aromatic carbocycles. The lowest BCUT2D eigenvalue weighted by atomic mass is 10.4. The molecule has 6 nitrogen and oxygen atoms in total. The van der Waals surface area contributed by atoms with Crippen LogP contribution in [-0.4, -0.2) is 69.1 Å². The van der Waals surface area contributed by atoms with E-state index < -0.39 is 10.0 Å². The van der Waals surface area contributed by atoms with Gasteiger partial charge in [-0.3, -0.25) is 4.79 Å². The lowest BCUT2D eigenvalue weighted by Crippen LogP contribution is -2.48. The van der Waals surface area contributed by atoms with E-state index in [-0.39, 0.29) is 18.2 Å². The largest absolute Gasteiger partial charge is 0.350 e. The maximum Gasteiger partial charge on any atom is 0.261 e. The van der Waals surface area contributed by atoms with Crippen LogP contribution in [0.15, 0.2) is 17.5 Å². The van der Waals surface area contributed by atoms with Crippen LogP contribution in [0.5, 0.6) is 0 Å². The molecule has 0 spiro atoms. The SMILES string of the molecule is CN1CCN(S(=O)(=O)CCNC(=O)c2cccs2)CC1. The van der Waals surface area contributed by atoms with Crippen LogP contribution in [0.25, 0.3) is 0 Å². The van der Waals surface area contributed by atoms with E-state index >= 15 is 0 Å². The molecule has 0 bridgehead atoms. The summed E-state index contributed by atoms with van der Waals surface area (Å²) in [5.41, 5.74) is 0. The second-order valence-electron chi connectivity index (χ2n) is 4.75. The van der Waals surface area contributed by atoms with Gasteiger partial charge in [-0.05, 0) is 18.5 Å². The van der Waals surface area contributed by atoms with E-state index in [0.717, 1.165) is 13.1 Å². The van der Waals surface area contributed by atoms with Crippen LogP contribution in [0, 0.1) is 0 Å². The zero-order valence-corrected chi connectivity index (χ0v) is 13.0. The van der Waals surface area contributed by atoms with Gasteiger partial charge >= 0.3 is 0 Å². The summed E-state index contributed by atoms with van der Waals surface area (Å²) < 4.78 is 25.7. The Morgan fingerprint density at radius 2 is 2.05 bits per heavy atom. The lowest BCUT2D eigenvalue weighted by Gasteiger charge is -2.31. The summed E-state index contributed by atoms with van der Waals surface area (Å²) in [5.74, 6) is -0.262. The molecule has 1 aliphatic rings. The molecule has 1 fully saturated rings. The number of hydrogen-bond donors (Lipinski definition) is 1. The van der Waals surface area contributed by atoms with E-state index in [2.05, 4.69) is 10.2 Å². The molecule has 1 amide bonds. The first kappa shape index (κ1) is 15.4. The summed E-state index contributed by atoms with van der Waals surface area (Å²) >= 11 is 1.34. The van der Waals surface area contributed by atoms with Gasteiger partial charge in [0.15, 0.2) is 0 Å². The number of carbonyl (C=O) groups is 1. The Bertz CT molecular complexity index is 534. The molecule has 20 heavy (non-hydrogen) atoms. The standard InChI is InChI=1S/C12H19N3O3S2/c1-14-5-7-15(8-6-14)20(17,18)10-4-13-12(16)11-3-2-9-19-11/h2-3,9H,4-8,10H2,1H3,(H,13,16). The number of piperazine rings is 1. The van der Waals surface area contributed by atoms with E-state index in [0.29, 0.717) is 18.0 Å². The van der Waals surface area contributed by atoms with Gasteiger partial charge in [-0.15, -0.1) is 11.3 Å². The van der Waals surface area contributed by atoms with Crippen LogP contribution in [0.1, 0.15) is 9.67 Å². The van der Waals surface area contributed by atoms with Crippen molar-refractivity contribution in [1.29, 1.82) is 0 Å². The van der Waals surface area contributed by atoms with Gasteiger partial charge in [-0.2, -0.15) is 4.31 Å². The van der Waals surface area contributed by atoms with Crippen molar-refractivity contribution in [2.75, 3.05) is 45.5 Å². The Kier molecular flexibility index (Phi) is 5.14. The number of hydrogen-bond acceptors (Lipinski definition) is 5. The Hall–Kier alpha value is -0.960. The van der Waals surface area contributed by atoms with Crippen molar-refractivity contribution >= 4 is 27.3 Å². The van der Waals surface area contributed by atoms with Crippen molar-refractivity contribution in [2.45, 2.75) is 0 Å². The summed E-state index contributed by atoms with van der Waals surface area (Å²) in [6.07, 6.45) is 0. The van der Waals surface area contributed by atoms with Crippen molar-refractivity contribution in [3.05, 3.63) is 22.4 Å². The summed E-state index contributed by atoms with van der Waals surface area (Å²) in [5, 5.41) is 4.46. The third-order valence-electron chi connectivity index (χ3n) is 3.25. The van der Waals surface area contributed by atoms with Crippen LogP contribution >= 0.6 is 11.3 Å². The number of nitrogens with zero attached hydrogens (tertiary/aromatic N) is 2. The molecular weight excluding hydrogens is 298 g/mol. The van der Waals surface area contributed by atoms with Gasteiger partial charge < -0.3 is 10.2 Å². The highest BCUT2D eigenvalue weighted by atomic mass is 32.2. The van der Waals surface area contributed by atoms with Gasteiger partial charge in [-0.1, -0.05) is 6.07 Å². The molecule has 8 heteroatoms. The van der Waals surface area contributed by atoms with E-state index in [1.165, 1.54) is 15.6 Å². The molecule has 1 aliphatic heterocycles. The smallest absolute Gasteiger partial charge is 0.261 e. The summed E-state index contributed by atoms with van der Waals surface area (Å²) in [6, 6.07) is 3.51. The fourth-order valence-corrected chi connectivity index (χ4v) is 3.96. The summed E-state index contributed by atoms with van der Waals surface area (Å²) in [7, 11) is -1.30. The quantitative estimate of drug-likeness (QED) is 0.833. The molecule has 1 saturated heterocycles. The minimum Gasteiger partial charge on any atom is -0.350 e. The molecular formula is C12H19N3O3S2. The highest BCUT2D eigenvalue weighted by molar-refractivity contribution is 7.89. The fourth-order valence-electron chi connectivity index (χ4n) is 1.98. The van der Waals surface area contributed by atoms with Crippen LogP contribution in [-0.2, 0) is 10.0 Å². The molecule has 0 aliphatic carbocycles. The predicted octanol–water partition coefficient (Wildman–Crippen LogP) is 0.0551. The van der Waals surface area contributed by atoms with E-state index in [9.17, 15) is 13.2 Å². The Balaban J connectivity index is 1.79. The number of sulfonamides is 1. The first-order valence-corrected chi connectivity index (χ1v) is 8.96. The van der Waals surface area contributed by atoms with Crippen molar-refractivity contribution in [3.8, 4) is 0 Å². The number of nitrogens with one attached hydrogen (secondary N) is 1. The van der Waals surface area contributed by atoms with Crippen LogP contribution in [0.2, 0.25) is 0 Å². The Labute approximate surface area is 123 Å². The van der Waals surface area contributed by atoms with Gasteiger partial charge in [0.05, 0.1) is 10.6 Å². The van der Waals surface area contributed by atoms with Gasteiger partial charge in [0.1, 0.15) is 0 Å². The number of likely N-dealkylation sites (N-methyl/N-ethyl adjacent to an activating group) is 1. The fraction of sp³-hybridized carbons (Fsp3) is 0.583. The molecule has 2 rings (SSSR count). The lowest BCUT2D eigenvalue weighted by molar-refractivity contribution is 0.0960. The number of amides is 1. The topological polar surface area (TPSA) is 69.7 Å². The third kappa shape index (κ3) is 4.02. The van der Waals surface area contributed by atoms with Gasteiger partial charge in [0.25, 0.3) is 5.91 Å². The molecule has 0 saturated carbocycles. The van der Waals surface area contributed by atoms with Crippen LogP contribution < -0.4 is 5.32 Å². The molecule has 112 valence electrons. The number of carbonyl (C=O) groups excluding carboxylic acids is 1. The maximum absolute atomic E-state index is 12.1.